The van der Waals surface area contributed by atoms with Gasteiger partial charge in [0.05, 0.1) is 32.0 Å². The Kier molecular flexibility index (Phi) is 46.2. The van der Waals surface area contributed by atoms with Gasteiger partial charge in [0, 0.05) is 6.42 Å². The summed E-state index contributed by atoms with van der Waals surface area (Å²) in [5.74, 6) is -0.249. The predicted octanol–water partition coefficient (Wildman–Crippen LogP) is 11.8. The summed E-state index contributed by atoms with van der Waals surface area (Å²) in [6, 6.07) is -0.932. The minimum atomic E-state index is -1.79. The molecule has 0 aromatic rings. The first-order valence-electron chi connectivity index (χ1n) is 32.2. The third kappa shape index (κ3) is 34.6. The van der Waals surface area contributed by atoms with Gasteiger partial charge in [0.1, 0.15) is 48.8 Å². The highest BCUT2D eigenvalue weighted by atomic mass is 16.7. The van der Waals surface area contributed by atoms with E-state index < -0.39 is 86.8 Å². The molecule has 0 bridgehead atoms. The van der Waals surface area contributed by atoms with Gasteiger partial charge in [-0.1, -0.05) is 243 Å². The topological polar surface area (TPSA) is 228 Å². The summed E-state index contributed by atoms with van der Waals surface area (Å²) in [6.07, 6.45) is 44.7. The second-order valence-electron chi connectivity index (χ2n) is 22.9. The highest BCUT2D eigenvalue weighted by Gasteiger charge is 2.51. The summed E-state index contributed by atoms with van der Waals surface area (Å²) in [5.41, 5.74) is 0. The van der Waals surface area contributed by atoms with Crippen molar-refractivity contribution in [3.63, 3.8) is 0 Å². The molecule has 2 saturated heterocycles. The molecule has 0 saturated carbocycles. The molecular weight excluding hydrogens is 991 g/mol. The van der Waals surface area contributed by atoms with Crippen LogP contribution in [0.1, 0.15) is 271 Å². The van der Waals surface area contributed by atoms with E-state index in [-0.39, 0.29) is 18.9 Å². The summed E-state index contributed by atoms with van der Waals surface area (Å²) < 4.78 is 22.8. The number of aliphatic hydroxyl groups is 8. The number of allylic oxidation sites excluding steroid dienone is 5. The van der Waals surface area contributed by atoms with Crippen LogP contribution in [0.5, 0.6) is 0 Å². The number of amides is 1. The van der Waals surface area contributed by atoms with Crippen molar-refractivity contribution < 1.29 is 64.6 Å². The van der Waals surface area contributed by atoms with Gasteiger partial charge >= 0.3 is 0 Å². The van der Waals surface area contributed by atoms with Gasteiger partial charge in [-0.05, 0) is 57.8 Å². The van der Waals surface area contributed by atoms with Crippen LogP contribution in [-0.2, 0) is 23.7 Å². The van der Waals surface area contributed by atoms with E-state index in [1.165, 1.54) is 205 Å². The second kappa shape index (κ2) is 49.8. The highest BCUT2D eigenvalue weighted by molar-refractivity contribution is 5.76. The van der Waals surface area contributed by atoms with Crippen molar-refractivity contribution >= 4 is 5.91 Å². The Morgan fingerprint density at radius 2 is 0.821 bits per heavy atom. The monoisotopic (exact) mass is 1110 g/mol. The van der Waals surface area contributed by atoms with Crippen LogP contribution in [-0.4, -0.2) is 140 Å². The third-order valence-electron chi connectivity index (χ3n) is 15.8. The van der Waals surface area contributed by atoms with E-state index in [1.807, 2.05) is 6.08 Å². The number of hydrogen-bond donors (Lipinski definition) is 9. The fourth-order valence-corrected chi connectivity index (χ4v) is 10.6. The Bertz CT molecular complexity index is 1450. The Morgan fingerprint density at radius 3 is 1.26 bits per heavy atom. The number of aliphatic hydroxyl groups excluding tert-OH is 8. The second-order valence-corrected chi connectivity index (χ2v) is 22.9. The Balaban J connectivity index is 1.75. The van der Waals surface area contributed by atoms with Crippen molar-refractivity contribution in [2.75, 3.05) is 19.8 Å². The van der Waals surface area contributed by atoms with E-state index in [0.29, 0.717) is 12.8 Å². The summed E-state index contributed by atoms with van der Waals surface area (Å²) in [6.45, 7) is 2.81. The summed E-state index contributed by atoms with van der Waals surface area (Å²) in [4.78, 5) is 13.3. The molecule has 1 amide bonds. The molecule has 0 radical (unpaired) electrons. The smallest absolute Gasteiger partial charge is 0.220 e. The Labute approximate surface area is 474 Å². The van der Waals surface area contributed by atoms with E-state index in [1.54, 1.807) is 6.08 Å². The molecule has 0 aliphatic carbocycles. The summed E-state index contributed by atoms with van der Waals surface area (Å²) in [7, 11) is 0. The largest absolute Gasteiger partial charge is 0.394 e. The van der Waals surface area contributed by atoms with Gasteiger partial charge in [0.2, 0.25) is 5.91 Å². The van der Waals surface area contributed by atoms with Crippen LogP contribution in [0.2, 0.25) is 0 Å². The molecule has 458 valence electrons. The maximum Gasteiger partial charge on any atom is 0.220 e. The van der Waals surface area contributed by atoms with Crippen molar-refractivity contribution in [3.8, 4) is 0 Å². The molecule has 0 aromatic carbocycles. The van der Waals surface area contributed by atoms with E-state index in [4.69, 9.17) is 18.9 Å². The van der Waals surface area contributed by atoms with Crippen molar-refractivity contribution in [2.45, 2.75) is 344 Å². The standard InChI is InChI=1S/C64H119NO13/c1-3-5-7-9-11-13-15-17-19-21-23-25-26-28-29-31-33-35-37-39-41-43-45-47-53(68)52(51-75-63-61(74)59(72)62(55(50-67)77-63)78-64-60(73)58(71)57(70)54(49-66)76-64)65-56(69)48-46-44-42-40-38-36-34-32-30-27-24-22-20-18-16-14-12-10-8-6-4-2/h22,24,37,39,45,47,52-55,57-64,66-68,70-74H,3-21,23,25-36,38,40-44,46,48-51H2,1-2H3,(H,65,69)/b24-22-,39-37+,47-45+. The fourth-order valence-electron chi connectivity index (χ4n) is 10.6. The molecule has 12 unspecified atom stereocenters. The summed E-state index contributed by atoms with van der Waals surface area (Å²) in [5, 5.41) is 87.2. The van der Waals surface area contributed by atoms with E-state index in [9.17, 15) is 45.6 Å². The molecule has 2 aliphatic heterocycles. The van der Waals surface area contributed by atoms with E-state index in [2.05, 4.69) is 43.5 Å². The van der Waals surface area contributed by atoms with Crippen LogP contribution < -0.4 is 5.32 Å². The molecule has 2 aliphatic rings. The number of ether oxygens (including phenoxy) is 4. The van der Waals surface area contributed by atoms with Gasteiger partial charge in [0.15, 0.2) is 12.6 Å². The number of rotatable bonds is 52. The van der Waals surface area contributed by atoms with E-state index >= 15 is 0 Å². The molecular formula is C64H119NO13. The van der Waals surface area contributed by atoms with Gasteiger partial charge < -0.3 is 65.1 Å². The molecule has 78 heavy (non-hydrogen) atoms. The molecule has 2 heterocycles. The Hall–Kier alpha value is -1.79. The van der Waals surface area contributed by atoms with E-state index in [0.717, 1.165) is 32.1 Å². The fraction of sp³-hybridized carbons (Fsp3) is 0.891. The van der Waals surface area contributed by atoms with Crippen molar-refractivity contribution in [2.24, 2.45) is 0 Å². The molecule has 2 fully saturated rings. The van der Waals surface area contributed by atoms with Crippen LogP contribution in [0.15, 0.2) is 36.5 Å². The van der Waals surface area contributed by atoms with Crippen molar-refractivity contribution in [1.29, 1.82) is 0 Å². The van der Waals surface area contributed by atoms with Gasteiger partial charge in [-0.3, -0.25) is 4.79 Å². The molecule has 0 aromatic heterocycles. The summed E-state index contributed by atoms with van der Waals surface area (Å²) >= 11 is 0. The molecule has 9 N–H and O–H groups in total. The zero-order valence-corrected chi connectivity index (χ0v) is 49.4. The van der Waals surface area contributed by atoms with Crippen LogP contribution in [0.25, 0.3) is 0 Å². The number of unbranched alkanes of at least 4 members (excludes halogenated alkanes) is 35. The Morgan fingerprint density at radius 1 is 0.449 bits per heavy atom. The van der Waals surface area contributed by atoms with Gasteiger partial charge in [-0.15, -0.1) is 0 Å². The van der Waals surface area contributed by atoms with Gasteiger partial charge in [0.25, 0.3) is 0 Å². The quantitative estimate of drug-likeness (QED) is 0.0204. The molecule has 12 atom stereocenters. The third-order valence-corrected chi connectivity index (χ3v) is 15.8. The van der Waals surface area contributed by atoms with Crippen LogP contribution >= 0.6 is 0 Å². The first kappa shape index (κ1) is 72.3. The maximum absolute atomic E-state index is 13.3. The number of hydrogen-bond acceptors (Lipinski definition) is 13. The van der Waals surface area contributed by atoms with Crippen molar-refractivity contribution in [1.82, 2.24) is 5.32 Å². The SMILES string of the molecule is CCCCCCCCCC/C=C\CCCCCCCCCCCC(=O)NC(COC1OC(CO)C(OC2OC(CO)C(O)C(O)C2O)C(O)C1O)C(O)/C=C/CC/C=C/CCCCCCCCCCCCCCCCCCC. The first-order valence-corrected chi connectivity index (χ1v) is 32.2. The molecule has 0 spiro atoms. The van der Waals surface area contributed by atoms with Crippen LogP contribution in [0.4, 0.5) is 0 Å². The predicted molar refractivity (Wildman–Crippen MR) is 314 cm³/mol. The average Bonchev–Trinajstić information content (AvgIpc) is 3.48. The lowest BCUT2D eigenvalue weighted by atomic mass is 9.97. The maximum atomic E-state index is 13.3. The normalized spacial score (nSPS) is 24.7. The highest BCUT2D eigenvalue weighted by Crippen LogP contribution is 2.30. The van der Waals surface area contributed by atoms with Gasteiger partial charge in [-0.2, -0.15) is 0 Å². The first-order chi connectivity index (χ1) is 38.1. The van der Waals surface area contributed by atoms with Crippen molar-refractivity contribution in [3.05, 3.63) is 36.5 Å². The zero-order valence-electron chi connectivity index (χ0n) is 49.4. The lowest BCUT2D eigenvalue weighted by molar-refractivity contribution is -0.359. The minimum Gasteiger partial charge on any atom is -0.394 e. The molecule has 14 heteroatoms. The number of carbonyl (C=O) groups excluding carboxylic acids is 1. The molecule has 2 rings (SSSR count). The number of nitrogens with one attached hydrogen (secondary N) is 1. The zero-order chi connectivity index (χ0) is 56.7. The van der Waals surface area contributed by atoms with Crippen LogP contribution in [0, 0.1) is 0 Å². The lowest BCUT2D eigenvalue weighted by Crippen LogP contribution is -2.65. The lowest BCUT2D eigenvalue weighted by Gasteiger charge is -2.46. The molecule has 14 nitrogen and oxygen atoms in total. The van der Waals surface area contributed by atoms with Gasteiger partial charge in [-0.25, -0.2) is 0 Å². The average molecular weight is 1110 g/mol. The minimum absolute atomic E-state index is 0.249. The van der Waals surface area contributed by atoms with Crippen LogP contribution in [0.3, 0.4) is 0 Å². The number of carbonyl (C=O) groups is 1.